The number of carbonyl (C=O) groups excluding carboxylic acids is 4. The molecule has 0 atom stereocenters. The normalized spacial score (nSPS) is 13.3. The number of carbonyl (C=O) groups is 4. The summed E-state index contributed by atoms with van der Waals surface area (Å²) in [6.45, 7) is 0. The second kappa shape index (κ2) is 8.56. The van der Waals surface area contributed by atoms with Gasteiger partial charge in [-0.05, 0) is 30.3 Å². The fraction of sp³-hybridized carbons (Fsp3) is 0.0455. The molecule has 0 saturated carbocycles. The summed E-state index contributed by atoms with van der Waals surface area (Å²) in [5, 5.41) is 11.3. The van der Waals surface area contributed by atoms with Crippen molar-refractivity contribution < 1.29 is 23.9 Å². The van der Waals surface area contributed by atoms with E-state index in [0.29, 0.717) is 22.5 Å². The van der Waals surface area contributed by atoms with Crippen LogP contribution in [0.3, 0.4) is 0 Å². The summed E-state index contributed by atoms with van der Waals surface area (Å²) in [5.74, 6) is -1.59. The Hall–Kier alpha value is -4.73. The zero-order valence-electron chi connectivity index (χ0n) is 16.8. The summed E-state index contributed by atoms with van der Waals surface area (Å²) in [6, 6.07) is 15.2. The summed E-state index contributed by atoms with van der Waals surface area (Å²) >= 11 is 0. The van der Waals surface area contributed by atoms with Crippen molar-refractivity contribution in [3.8, 4) is 16.9 Å². The van der Waals surface area contributed by atoms with Gasteiger partial charge in [-0.25, -0.2) is 14.3 Å². The van der Waals surface area contributed by atoms with Crippen LogP contribution in [0, 0.1) is 0 Å². The average molecular weight is 431 g/mol. The molecule has 3 aromatic rings. The van der Waals surface area contributed by atoms with E-state index in [1.54, 1.807) is 35.1 Å². The third-order valence-electron chi connectivity index (χ3n) is 4.60. The minimum absolute atomic E-state index is 0.220. The van der Waals surface area contributed by atoms with E-state index >= 15 is 0 Å². The van der Waals surface area contributed by atoms with Crippen LogP contribution in [0.1, 0.15) is 5.56 Å². The zero-order valence-corrected chi connectivity index (χ0v) is 16.8. The topological polar surface area (TPSA) is 131 Å². The van der Waals surface area contributed by atoms with Crippen LogP contribution in [0.2, 0.25) is 0 Å². The molecule has 4 rings (SSSR count). The Bertz CT molecular complexity index is 1220. The second-order valence-corrected chi connectivity index (χ2v) is 6.70. The number of aromatic nitrogens is 2. The number of nitrogens with one attached hydrogen (secondary N) is 3. The molecule has 2 aromatic carbocycles. The molecule has 10 nitrogen and oxygen atoms in total. The Morgan fingerprint density at radius 1 is 1.00 bits per heavy atom. The van der Waals surface area contributed by atoms with Crippen LogP contribution in [0.5, 0.6) is 0 Å². The third-order valence-corrected chi connectivity index (χ3v) is 4.60. The molecule has 0 bridgehead atoms. The van der Waals surface area contributed by atoms with Crippen molar-refractivity contribution in [2.24, 2.45) is 0 Å². The van der Waals surface area contributed by atoms with Gasteiger partial charge in [0.2, 0.25) is 0 Å². The number of hydrogen-bond acceptors (Lipinski definition) is 6. The van der Waals surface area contributed by atoms with E-state index in [1.807, 2.05) is 30.3 Å². The first-order chi connectivity index (χ1) is 15.4. The van der Waals surface area contributed by atoms with Crippen molar-refractivity contribution in [1.82, 2.24) is 20.4 Å². The highest BCUT2D eigenvalue weighted by molar-refractivity contribution is 6.31. The van der Waals surface area contributed by atoms with Crippen molar-refractivity contribution in [1.29, 1.82) is 0 Å². The predicted molar refractivity (Wildman–Crippen MR) is 115 cm³/mol. The maximum absolute atomic E-state index is 12.2. The number of methoxy groups -OCH3 is 1. The molecule has 5 amide bonds. The molecular formula is C22H17N5O5. The van der Waals surface area contributed by atoms with Gasteiger partial charge in [0.15, 0.2) is 0 Å². The first-order valence-electron chi connectivity index (χ1n) is 9.43. The number of anilines is 1. The molecule has 0 unspecified atom stereocenters. The highest BCUT2D eigenvalue weighted by atomic mass is 16.5. The Kier molecular flexibility index (Phi) is 5.49. The summed E-state index contributed by atoms with van der Waals surface area (Å²) in [6.07, 6.45) is 2.45. The van der Waals surface area contributed by atoms with Crippen molar-refractivity contribution in [3.63, 3.8) is 0 Å². The molecule has 0 radical (unpaired) electrons. The molecule has 10 heteroatoms. The molecule has 0 aliphatic carbocycles. The maximum Gasteiger partial charge on any atom is 0.411 e. The fourth-order valence-electron chi connectivity index (χ4n) is 3.07. The molecule has 1 fully saturated rings. The molecule has 2 heterocycles. The fourth-order valence-corrected chi connectivity index (χ4v) is 3.07. The van der Waals surface area contributed by atoms with Gasteiger partial charge < -0.3 is 4.74 Å². The highest BCUT2D eigenvalue weighted by Crippen LogP contribution is 2.27. The molecular weight excluding hydrogens is 414 g/mol. The zero-order chi connectivity index (χ0) is 22.7. The number of nitrogens with zero attached hydrogens (tertiary/aromatic N) is 2. The van der Waals surface area contributed by atoms with Gasteiger partial charge >= 0.3 is 12.1 Å². The Labute approximate surface area is 181 Å². The number of ether oxygens (including phenoxy) is 1. The quantitative estimate of drug-likeness (QED) is 0.430. The van der Waals surface area contributed by atoms with E-state index in [1.165, 1.54) is 13.2 Å². The number of benzene rings is 2. The number of imide groups is 2. The maximum atomic E-state index is 12.2. The molecule has 1 saturated heterocycles. The number of hydrogen-bond donors (Lipinski definition) is 3. The van der Waals surface area contributed by atoms with Crippen molar-refractivity contribution in [2.75, 3.05) is 12.4 Å². The molecule has 0 spiro atoms. The van der Waals surface area contributed by atoms with Crippen molar-refractivity contribution in [3.05, 3.63) is 71.9 Å². The van der Waals surface area contributed by atoms with E-state index in [2.05, 4.69) is 25.8 Å². The third kappa shape index (κ3) is 4.24. The van der Waals surface area contributed by atoms with E-state index in [4.69, 9.17) is 0 Å². The predicted octanol–water partition coefficient (Wildman–Crippen LogP) is 2.47. The lowest BCUT2D eigenvalue weighted by Gasteiger charge is -2.13. The number of rotatable bonds is 4. The SMILES string of the molecule is COC(=O)Nc1ccc(-c2nn(-c3ccccc3)cc2C=C2C(=O)NC(=O)NC2=O)cc1. The number of barbiturate groups is 1. The van der Waals surface area contributed by atoms with E-state index in [-0.39, 0.29) is 5.57 Å². The van der Waals surface area contributed by atoms with Gasteiger partial charge in [0.1, 0.15) is 5.57 Å². The van der Waals surface area contributed by atoms with Gasteiger partial charge in [0.05, 0.1) is 18.5 Å². The first kappa shape index (κ1) is 20.5. The number of urea groups is 1. The van der Waals surface area contributed by atoms with Gasteiger partial charge in [-0.2, -0.15) is 5.10 Å². The standard InChI is InChI=1S/C22H17N5O5/c1-32-22(31)23-15-9-7-13(8-10-15)18-14(11-17-19(28)24-21(30)25-20(17)29)12-27(26-18)16-5-3-2-4-6-16/h2-12H,1H3,(H,23,31)(H2,24,25,28,29,30). The van der Waals surface area contributed by atoms with Crippen LogP contribution in [0.25, 0.3) is 23.0 Å². The lowest BCUT2D eigenvalue weighted by atomic mass is 10.0. The Morgan fingerprint density at radius 3 is 2.28 bits per heavy atom. The number of para-hydroxylation sites is 1. The lowest BCUT2D eigenvalue weighted by Crippen LogP contribution is -2.51. The monoisotopic (exact) mass is 431 g/mol. The lowest BCUT2D eigenvalue weighted by molar-refractivity contribution is -0.123. The van der Waals surface area contributed by atoms with E-state index in [0.717, 1.165) is 5.69 Å². The van der Waals surface area contributed by atoms with Crippen LogP contribution in [0.4, 0.5) is 15.3 Å². The van der Waals surface area contributed by atoms with Gasteiger partial charge in [-0.15, -0.1) is 0 Å². The minimum atomic E-state index is -0.869. The van der Waals surface area contributed by atoms with Crippen LogP contribution >= 0.6 is 0 Å². The Balaban J connectivity index is 1.77. The summed E-state index contributed by atoms with van der Waals surface area (Å²) < 4.78 is 6.20. The van der Waals surface area contributed by atoms with Crippen LogP contribution in [0.15, 0.2) is 66.4 Å². The van der Waals surface area contributed by atoms with Crippen molar-refractivity contribution in [2.45, 2.75) is 0 Å². The van der Waals surface area contributed by atoms with Crippen LogP contribution in [-0.4, -0.2) is 40.8 Å². The van der Waals surface area contributed by atoms with E-state index in [9.17, 15) is 19.2 Å². The number of amides is 5. The first-order valence-corrected chi connectivity index (χ1v) is 9.43. The minimum Gasteiger partial charge on any atom is -0.453 e. The summed E-state index contributed by atoms with van der Waals surface area (Å²) in [5.41, 5.74) is 2.72. The smallest absolute Gasteiger partial charge is 0.411 e. The van der Waals surface area contributed by atoms with Gasteiger partial charge in [0, 0.05) is 23.0 Å². The van der Waals surface area contributed by atoms with Crippen LogP contribution < -0.4 is 16.0 Å². The molecule has 32 heavy (non-hydrogen) atoms. The Morgan fingerprint density at radius 2 is 1.66 bits per heavy atom. The molecule has 160 valence electrons. The van der Waals surface area contributed by atoms with Gasteiger partial charge in [-0.1, -0.05) is 30.3 Å². The summed E-state index contributed by atoms with van der Waals surface area (Å²) in [7, 11) is 1.27. The highest BCUT2D eigenvalue weighted by Gasteiger charge is 2.28. The van der Waals surface area contributed by atoms with E-state index < -0.39 is 23.9 Å². The molecule has 1 aliphatic rings. The summed E-state index contributed by atoms with van der Waals surface area (Å²) in [4.78, 5) is 47.1. The largest absolute Gasteiger partial charge is 0.453 e. The molecule has 3 N–H and O–H groups in total. The average Bonchev–Trinajstić information content (AvgIpc) is 3.21. The van der Waals surface area contributed by atoms with Crippen LogP contribution in [-0.2, 0) is 14.3 Å². The molecule has 1 aromatic heterocycles. The second-order valence-electron chi connectivity index (χ2n) is 6.70. The molecule has 1 aliphatic heterocycles. The van der Waals surface area contributed by atoms with Gasteiger partial charge in [-0.3, -0.25) is 25.5 Å². The van der Waals surface area contributed by atoms with Crippen molar-refractivity contribution >= 4 is 35.7 Å². The van der Waals surface area contributed by atoms with Gasteiger partial charge in [0.25, 0.3) is 11.8 Å².